The van der Waals surface area contributed by atoms with Gasteiger partial charge in [0, 0.05) is 0 Å². The molecule has 0 radical (unpaired) electrons. The highest BCUT2D eigenvalue weighted by Gasteiger charge is 2.59. The van der Waals surface area contributed by atoms with E-state index < -0.39 is 10.8 Å². The molecule has 324 valence electrons. The third-order valence-corrected chi connectivity index (χ3v) is 16.1. The average molecular weight is 885 g/mol. The van der Waals surface area contributed by atoms with E-state index in [0.29, 0.717) is 0 Å². The van der Waals surface area contributed by atoms with Crippen LogP contribution in [0.25, 0.3) is 88.3 Å². The van der Waals surface area contributed by atoms with Crippen LogP contribution in [0.15, 0.2) is 267 Å². The van der Waals surface area contributed by atoms with Crippen molar-refractivity contribution in [1.29, 1.82) is 0 Å². The van der Waals surface area contributed by atoms with Gasteiger partial charge in [-0.1, -0.05) is 243 Å². The predicted molar refractivity (Wildman–Crippen MR) is 291 cm³/mol. The zero-order valence-corrected chi connectivity index (χ0v) is 38.4. The number of hydrogen-bond acceptors (Lipinski definition) is 0. The molecule has 3 aliphatic rings. The summed E-state index contributed by atoms with van der Waals surface area (Å²) in [6.07, 6.45) is 0. The summed E-state index contributed by atoms with van der Waals surface area (Å²) >= 11 is 0. The maximum atomic E-state index is 2.62. The Morgan fingerprint density at radius 1 is 0.171 bits per heavy atom. The Balaban J connectivity index is 1.07. The van der Waals surface area contributed by atoms with Crippen molar-refractivity contribution < 1.29 is 0 Å². The summed E-state index contributed by atoms with van der Waals surface area (Å²) in [5, 5.41) is 4.97. The van der Waals surface area contributed by atoms with Crippen LogP contribution < -0.4 is 0 Å². The molecule has 12 aromatic carbocycles. The van der Waals surface area contributed by atoms with E-state index in [1.807, 2.05) is 0 Å². The van der Waals surface area contributed by atoms with Crippen LogP contribution in [0.1, 0.15) is 44.5 Å². The summed E-state index contributed by atoms with van der Waals surface area (Å²) in [5.41, 5.74) is 24.6. The van der Waals surface area contributed by atoms with Gasteiger partial charge in [-0.2, -0.15) is 0 Å². The first-order chi connectivity index (χ1) is 34.7. The lowest BCUT2D eigenvalue weighted by Gasteiger charge is -2.49. The van der Waals surface area contributed by atoms with E-state index in [0.717, 1.165) is 0 Å². The fourth-order valence-electron chi connectivity index (χ4n) is 13.5. The molecule has 0 saturated heterocycles. The lowest BCUT2D eigenvalue weighted by Crippen LogP contribution is -2.43. The second-order valence-electron chi connectivity index (χ2n) is 19.4. The molecule has 2 spiro atoms. The number of hydrogen-bond donors (Lipinski definition) is 0. The van der Waals surface area contributed by atoms with Gasteiger partial charge in [-0.05, 0) is 157 Å². The molecular weight excluding hydrogens is 841 g/mol. The molecule has 70 heavy (non-hydrogen) atoms. The lowest BCUT2D eigenvalue weighted by atomic mass is 9.52. The van der Waals surface area contributed by atoms with E-state index >= 15 is 0 Å². The first kappa shape index (κ1) is 39.2. The Labute approximate surface area is 408 Å². The third-order valence-electron chi connectivity index (χ3n) is 16.1. The molecular formula is C70H44. The van der Waals surface area contributed by atoms with Crippen LogP contribution in [0.5, 0.6) is 0 Å². The van der Waals surface area contributed by atoms with E-state index in [-0.39, 0.29) is 0 Å². The van der Waals surface area contributed by atoms with Gasteiger partial charge in [-0.25, -0.2) is 0 Å². The van der Waals surface area contributed by atoms with Crippen molar-refractivity contribution in [3.63, 3.8) is 0 Å². The van der Waals surface area contributed by atoms with Crippen molar-refractivity contribution in [2.75, 3.05) is 0 Å². The van der Waals surface area contributed by atoms with Gasteiger partial charge in [-0.15, -0.1) is 0 Å². The fourth-order valence-corrected chi connectivity index (χ4v) is 13.5. The van der Waals surface area contributed by atoms with Crippen molar-refractivity contribution >= 4 is 21.5 Å². The molecule has 15 rings (SSSR count). The van der Waals surface area contributed by atoms with Crippen LogP contribution >= 0.6 is 0 Å². The molecule has 0 N–H and O–H groups in total. The zero-order valence-electron chi connectivity index (χ0n) is 38.4. The molecule has 0 unspecified atom stereocenters. The minimum atomic E-state index is -0.579. The lowest BCUT2D eigenvalue weighted by molar-refractivity contribution is 0.633. The Morgan fingerprint density at radius 2 is 0.471 bits per heavy atom. The first-order valence-electron chi connectivity index (χ1n) is 24.6. The van der Waals surface area contributed by atoms with Crippen molar-refractivity contribution in [2.24, 2.45) is 0 Å². The van der Waals surface area contributed by atoms with Crippen LogP contribution in [0.2, 0.25) is 0 Å². The third kappa shape index (κ3) is 5.15. The molecule has 0 heterocycles. The minimum Gasteiger partial charge on any atom is -0.0622 e. The van der Waals surface area contributed by atoms with Crippen LogP contribution in [0.4, 0.5) is 0 Å². The molecule has 12 aromatic rings. The van der Waals surface area contributed by atoms with Gasteiger partial charge in [0.15, 0.2) is 0 Å². The maximum absolute atomic E-state index is 2.62. The van der Waals surface area contributed by atoms with Crippen LogP contribution in [0.3, 0.4) is 0 Å². The van der Waals surface area contributed by atoms with Crippen molar-refractivity contribution in [3.8, 4) is 66.8 Å². The van der Waals surface area contributed by atoms with Crippen molar-refractivity contribution in [3.05, 3.63) is 311 Å². The molecule has 0 atom stereocenters. The van der Waals surface area contributed by atoms with E-state index in [4.69, 9.17) is 0 Å². The zero-order chi connectivity index (χ0) is 46.0. The summed E-state index contributed by atoms with van der Waals surface area (Å²) in [4.78, 5) is 0. The summed E-state index contributed by atoms with van der Waals surface area (Å²) in [5.74, 6) is 0. The average Bonchev–Trinajstić information content (AvgIpc) is 3.90. The Hall–Kier alpha value is -8.84. The van der Waals surface area contributed by atoms with E-state index in [1.54, 1.807) is 0 Å². The van der Waals surface area contributed by atoms with Gasteiger partial charge in [0.1, 0.15) is 0 Å². The molecule has 0 amide bonds. The predicted octanol–water partition coefficient (Wildman–Crippen LogP) is 17.7. The highest BCUT2D eigenvalue weighted by Crippen LogP contribution is 2.67. The minimum absolute atomic E-state index is 0.538. The second-order valence-corrected chi connectivity index (χ2v) is 19.4. The quantitative estimate of drug-likeness (QED) is 0.155. The van der Waals surface area contributed by atoms with Gasteiger partial charge in [-0.3, -0.25) is 0 Å². The second kappa shape index (κ2) is 14.8. The van der Waals surface area contributed by atoms with E-state index in [1.165, 1.54) is 133 Å². The number of benzene rings is 12. The first-order valence-corrected chi connectivity index (χ1v) is 24.6. The molecule has 0 saturated carbocycles. The molecule has 0 fully saturated rings. The van der Waals surface area contributed by atoms with Gasteiger partial charge >= 0.3 is 0 Å². The van der Waals surface area contributed by atoms with Gasteiger partial charge in [0.2, 0.25) is 0 Å². The SMILES string of the molecule is c1ccc(-c2cc(-c3ccccc3)cc(-c3c4ccccc4c(-c4ccc5c(c4)C4(c6ccccc6-c6ccccc64)c4ccccc4C54c5ccccc5-c5ccccc54)c4ccccc34)c2)cc1. The highest BCUT2D eigenvalue weighted by molar-refractivity contribution is 6.22. The summed E-state index contributed by atoms with van der Waals surface area (Å²) in [6.45, 7) is 0. The smallest absolute Gasteiger partial charge is 0.0622 e. The standard InChI is InChI=1S/C70H44/c1-3-21-45(22-4-1)48-41-49(46-23-5-2-6-24-46)43-50(42-48)68-57-31-9-7-29-55(57)67(56-30-8-10-32-58(56)68)47-39-40-65-66(44-47)70(61-35-17-13-27-53(61)54-28-14-18-36-62(54)70)64-38-20-19-37-63(64)69(65)59-33-15-11-25-51(59)52-26-12-16-34-60(52)69/h1-44H. The summed E-state index contributed by atoms with van der Waals surface area (Å²) in [6, 6.07) is 101. The summed E-state index contributed by atoms with van der Waals surface area (Å²) in [7, 11) is 0. The molecule has 0 aromatic heterocycles. The number of fused-ring (bicyclic) bond motifs is 18. The molecule has 0 bridgehead atoms. The fraction of sp³-hybridized carbons (Fsp3) is 0.0286. The topological polar surface area (TPSA) is 0 Å². The monoisotopic (exact) mass is 884 g/mol. The normalized spacial score (nSPS) is 13.9. The van der Waals surface area contributed by atoms with Gasteiger partial charge in [0.05, 0.1) is 10.8 Å². The van der Waals surface area contributed by atoms with Gasteiger partial charge in [0.25, 0.3) is 0 Å². The Bertz CT molecular complexity index is 3910. The van der Waals surface area contributed by atoms with Crippen LogP contribution in [0, 0.1) is 0 Å². The molecule has 0 nitrogen and oxygen atoms in total. The Morgan fingerprint density at radius 3 is 0.886 bits per heavy atom. The van der Waals surface area contributed by atoms with Crippen molar-refractivity contribution in [1.82, 2.24) is 0 Å². The molecule has 3 aliphatic carbocycles. The molecule has 0 aliphatic heterocycles. The Kier molecular flexibility index (Phi) is 8.30. The van der Waals surface area contributed by atoms with Crippen LogP contribution in [-0.4, -0.2) is 0 Å². The van der Waals surface area contributed by atoms with E-state index in [2.05, 4.69) is 267 Å². The highest BCUT2D eigenvalue weighted by atomic mass is 14.6. The largest absolute Gasteiger partial charge is 0.0720 e. The van der Waals surface area contributed by atoms with Crippen LogP contribution in [-0.2, 0) is 10.8 Å². The van der Waals surface area contributed by atoms with Gasteiger partial charge < -0.3 is 0 Å². The number of rotatable bonds is 4. The maximum Gasteiger partial charge on any atom is 0.0720 e. The van der Waals surface area contributed by atoms with E-state index in [9.17, 15) is 0 Å². The summed E-state index contributed by atoms with van der Waals surface area (Å²) < 4.78 is 0. The van der Waals surface area contributed by atoms with Crippen molar-refractivity contribution in [2.45, 2.75) is 10.8 Å². The molecule has 0 heteroatoms.